The van der Waals surface area contributed by atoms with E-state index < -0.39 is 25.0 Å². The zero-order valence-electron chi connectivity index (χ0n) is 4.93. The van der Waals surface area contributed by atoms with Crippen molar-refractivity contribution in [2.75, 3.05) is 0 Å². The monoisotopic (exact) mass is 225 g/mol. The molecule has 0 aromatic carbocycles. The van der Waals surface area contributed by atoms with E-state index in [1.165, 1.54) is 0 Å². The SMILES string of the molecule is NP(=O)(OP(O)O)OP(O)O. The molecule has 8 nitrogen and oxygen atoms in total. The Hall–Kier alpha value is 0.810. The van der Waals surface area contributed by atoms with Gasteiger partial charge in [0, 0.05) is 0 Å². The van der Waals surface area contributed by atoms with Gasteiger partial charge in [0.15, 0.2) is 0 Å². The maximum atomic E-state index is 10.6. The fourth-order valence-electron chi connectivity index (χ4n) is 0.218. The van der Waals surface area contributed by atoms with Gasteiger partial charge in [0.25, 0.3) is 0 Å². The fraction of sp³-hybridized carbons (Fsp3) is 0. The van der Waals surface area contributed by atoms with Crippen LogP contribution < -0.4 is 5.50 Å². The van der Waals surface area contributed by atoms with Crippen molar-refractivity contribution in [3.8, 4) is 0 Å². The van der Waals surface area contributed by atoms with Crippen molar-refractivity contribution in [1.29, 1.82) is 0 Å². The molecule has 0 heterocycles. The minimum atomic E-state index is -4.25. The van der Waals surface area contributed by atoms with Gasteiger partial charge in [0.05, 0.1) is 0 Å². The molecule has 6 N–H and O–H groups in total. The lowest BCUT2D eigenvalue weighted by molar-refractivity contribution is 0.310. The van der Waals surface area contributed by atoms with Crippen molar-refractivity contribution in [1.82, 2.24) is 0 Å². The van der Waals surface area contributed by atoms with Gasteiger partial charge < -0.3 is 19.6 Å². The first kappa shape index (κ1) is 11.8. The maximum absolute atomic E-state index is 10.6. The van der Waals surface area contributed by atoms with Crippen LogP contribution in [0.2, 0.25) is 0 Å². The Morgan fingerprint density at radius 2 is 1.36 bits per heavy atom. The predicted octanol–water partition coefficient (Wildman–Crippen LogP) is -0.491. The van der Waals surface area contributed by atoms with Gasteiger partial charge in [-0.25, -0.2) is 18.7 Å². The standard InChI is InChI=1S/H6NO7P3/c1-11(6,7-9(2)3)8-10(4)5/h2-5H,(H2,1,6). The molecule has 11 heavy (non-hydrogen) atoms. The minimum absolute atomic E-state index is 2.94. The Kier molecular flexibility index (Phi) is 5.09. The zero-order chi connectivity index (χ0) is 9.07. The molecule has 0 radical (unpaired) electrons. The molecule has 0 spiro atoms. The van der Waals surface area contributed by atoms with E-state index in [-0.39, 0.29) is 0 Å². The topological polar surface area (TPSA) is 142 Å². The summed E-state index contributed by atoms with van der Waals surface area (Å²) in [6, 6.07) is 0. The van der Waals surface area contributed by atoms with Crippen LogP contribution in [0.15, 0.2) is 0 Å². The molecule has 0 saturated carbocycles. The van der Waals surface area contributed by atoms with Crippen molar-refractivity contribution in [3.05, 3.63) is 0 Å². The van der Waals surface area contributed by atoms with Gasteiger partial charge in [-0.05, 0) is 0 Å². The Morgan fingerprint density at radius 1 is 1.09 bits per heavy atom. The maximum Gasteiger partial charge on any atom is 0.416 e. The molecule has 0 fully saturated rings. The summed E-state index contributed by atoms with van der Waals surface area (Å²) in [5.74, 6) is 0. The van der Waals surface area contributed by atoms with E-state index in [2.05, 4.69) is 14.1 Å². The van der Waals surface area contributed by atoms with Crippen molar-refractivity contribution >= 4 is 25.0 Å². The first-order chi connectivity index (χ1) is 4.83. The highest BCUT2D eigenvalue weighted by molar-refractivity contribution is 7.65. The quantitative estimate of drug-likeness (QED) is 0.403. The van der Waals surface area contributed by atoms with Crippen LogP contribution in [0.1, 0.15) is 0 Å². The summed E-state index contributed by atoms with van der Waals surface area (Å²) in [5, 5.41) is 0. The van der Waals surface area contributed by atoms with E-state index in [0.717, 1.165) is 0 Å². The smallest absolute Gasteiger partial charge is 0.328 e. The Bertz CT molecular complexity index is 140. The van der Waals surface area contributed by atoms with E-state index in [9.17, 15) is 4.57 Å². The van der Waals surface area contributed by atoms with E-state index in [1.807, 2.05) is 0 Å². The second-order valence-electron chi connectivity index (χ2n) is 1.21. The molecule has 0 aliphatic rings. The number of hydrogen-bond donors (Lipinski definition) is 5. The first-order valence-corrected chi connectivity index (χ1v) is 5.91. The zero-order valence-corrected chi connectivity index (χ0v) is 7.62. The first-order valence-electron chi connectivity index (χ1n) is 1.97. The molecule has 0 unspecified atom stereocenters. The summed E-state index contributed by atoms with van der Waals surface area (Å²) < 4.78 is 18.0. The average molecular weight is 225 g/mol. The van der Waals surface area contributed by atoms with E-state index in [0.29, 0.717) is 0 Å². The number of rotatable bonds is 4. The predicted molar refractivity (Wildman–Crippen MR) is 36.7 cm³/mol. The molecule has 0 amide bonds. The third-order valence-corrected chi connectivity index (χ3v) is 3.36. The van der Waals surface area contributed by atoms with Crippen LogP contribution in [0, 0.1) is 0 Å². The van der Waals surface area contributed by atoms with Crippen LogP contribution in [0.4, 0.5) is 0 Å². The molecule has 0 atom stereocenters. The summed E-state index contributed by atoms with van der Waals surface area (Å²) in [7, 11) is -10.1. The Balaban J connectivity index is 3.91. The van der Waals surface area contributed by atoms with E-state index in [4.69, 9.17) is 19.6 Å². The van der Waals surface area contributed by atoms with Crippen molar-refractivity contribution in [2.24, 2.45) is 5.50 Å². The third kappa shape index (κ3) is 7.18. The molecule has 0 aliphatic carbocycles. The van der Waals surface area contributed by atoms with Crippen LogP contribution in [0.3, 0.4) is 0 Å². The van der Waals surface area contributed by atoms with Gasteiger partial charge in [-0.3, -0.25) is 0 Å². The van der Waals surface area contributed by atoms with E-state index >= 15 is 0 Å². The Labute approximate surface area is 64.2 Å². The highest BCUT2D eigenvalue weighted by atomic mass is 31.3. The van der Waals surface area contributed by atoms with Gasteiger partial charge in [-0.1, -0.05) is 0 Å². The lowest BCUT2D eigenvalue weighted by atomic mass is 13.9. The summed E-state index contributed by atoms with van der Waals surface area (Å²) in [6.07, 6.45) is 0. The van der Waals surface area contributed by atoms with Gasteiger partial charge in [-0.2, -0.15) is 0 Å². The third-order valence-electron chi connectivity index (χ3n) is 0.374. The lowest BCUT2D eigenvalue weighted by Crippen LogP contribution is -1.98. The molecule has 0 rings (SSSR count). The van der Waals surface area contributed by atoms with Crippen LogP contribution in [-0.2, 0) is 13.2 Å². The summed E-state index contributed by atoms with van der Waals surface area (Å²) in [5.41, 5.74) is 4.62. The van der Waals surface area contributed by atoms with Crippen LogP contribution in [0.25, 0.3) is 0 Å². The molecule has 0 aromatic rings. The second kappa shape index (κ2) is 4.74. The van der Waals surface area contributed by atoms with Crippen molar-refractivity contribution < 1.29 is 32.8 Å². The molecule has 0 bridgehead atoms. The number of nitrogens with two attached hydrogens (primary N) is 1. The van der Waals surface area contributed by atoms with Crippen LogP contribution in [-0.4, -0.2) is 19.6 Å². The molecule has 0 aromatic heterocycles. The van der Waals surface area contributed by atoms with Gasteiger partial charge in [0.2, 0.25) is 0 Å². The second-order valence-corrected chi connectivity index (χ2v) is 4.61. The summed E-state index contributed by atoms with van der Waals surface area (Å²) in [6.45, 7) is 0. The molecule has 0 saturated heterocycles. The normalized spacial score (nSPS) is 13.0. The highest BCUT2D eigenvalue weighted by Crippen LogP contribution is 2.56. The molecule has 68 valence electrons. The van der Waals surface area contributed by atoms with Gasteiger partial charge in [0.1, 0.15) is 0 Å². The largest absolute Gasteiger partial charge is 0.416 e. The Morgan fingerprint density at radius 3 is 1.55 bits per heavy atom. The van der Waals surface area contributed by atoms with Crippen molar-refractivity contribution in [2.45, 2.75) is 0 Å². The lowest BCUT2D eigenvalue weighted by Gasteiger charge is -2.12. The minimum Gasteiger partial charge on any atom is -0.328 e. The van der Waals surface area contributed by atoms with Crippen LogP contribution in [0.5, 0.6) is 0 Å². The fourth-order valence-corrected chi connectivity index (χ4v) is 2.23. The molecule has 0 aliphatic heterocycles. The highest BCUT2D eigenvalue weighted by Gasteiger charge is 2.26. The number of hydrogen-bond acceptors (Lipinski definition) is 7. The molecule has 11 heteroatoms. The average Bonchev–Trinajstić information content (AvgIpc) is 1.53. The molecular formula is H6NO7P3. The van der Waals surface area contributed by atoms with Gasteiger partial charge >= 0.3 is 25.0 Å². The summed E-state index contributed by atoms with van der Waals surface area (Å²) in [4.78, 5) is 32.4. The van der Waals surface area contributed by atoms with Crippen LogP contribution >= 0.6 is 25.0 Å². The molecular weight excluding hydrogens is 219 g/mol. The van der Waals surface area contributed by atoms with E-state index in [1.54, 1.807) is 0 Å². The summed E-state index contributed by atoms with van der Waals surface area (Å²) >= 11 is 0. The van der Waals surface area contributed by atoms with Crippen molar-refractivity contribution in [3.63, 3.8) is 0 Å². The van der Waals surface area contributed by atoms with Gasteiger partial charge in [-0.15, -0.1) is 0 Å².